The second-order valence-electron chi connectivity index (χ2n) is 3.75. The van der Waals surface area contributed by atoms with Crippen LogP contribution in [-0.2, 0) is 6.61 Å². The Balaban J connectivity index is 2.09. The number of hydrogen-bond donors (Lipinski definition) is 1. The summed E-state index contributed by atoms with van der Waals surface area (Å²) in [6, 6.07) is 9.01. The van der Waals surface area contributed by atoms with Gasteiger partial charge in [-0.25, -0.2) is 14.8 Å². The first-order chi connectivity index (χ1) is 8.66. The summed E-state index contributed by atoms with van der Waals surface area (Å²) in [7, 11) is 0. The van der Waals surface area contributed by atoms with Crippen LogP contribution in [0.1, 0.15) is 21.7 Å². The van der Waals surface area contributed by atoms with Gasteiger partial charge in [0.2, 0.25) is 0 Å². The molecule has 0 unspecified atom stereocenters. The molecule has 5 heteroatoms. The molecule has 0 atom stereocenters. The number of aryl methyl sites for hydroxylation is 1. The maximum atomic E-state index is 10.8. The first-order valence-electron chi connectivity index (χ1n) is 5.39. The lowest BCUT2D eigenvalue weighted by molar-refractivity contribution is 0.0690. The van der Waals surface area contributed by atoms with Crippen molar-refractivity contribution in [3.05, 3.63) is 53.6 Å². The molecule has 0 radical (unpaired) electrons. The number of nitrogens with zero attached hydrogens (tertiary/aromatic N) is 2. The Morgan fingerprint density at radius 2 is 2.11 bits per heavy atom. The first kappa shape index (κ1) is 12.0. The summed E-state index contributed by atoms with van der Waals surface area (Å²) in [4.78, 5) is 18.4. The van der Waals surface area contributed by atoms with Crippen LogP contribution in [0.25, 0.3) is 0 Å². The number of ether oxygens (including phenoxy) is 1. The number of hydrogen-bond acceptors (Lipinski definition) is 4. The molecule has 1 N–H and O–H groups in total. The number of rotatable bonds is 4. The average Bonchev–Trinajstić information content (AvgIpc) is 2.38. The fraction of sp³-hybridized carbons (Fsp3) is 0.154. The lowest BCUT2D eigenvalue weighted by Crippen LogP contribution is -2.05. The zero-order valence-electron chi connectivity index (χ0n) is 9.83. The zero-order valence-corrected chi connectivity index (χ0v) is 9.83. The number of carboxylic acid groups (broad SMARTS) is 1. The Morgan fingerprint density at radius 3 is 2.83 bits per heavy atom. The molecule has 18 heavy (non-hydrogen) atoms. The molecule has 0 saturated heterocycles. The van der Waals surface area contributed by atoms with Crippen LogP contribution in [0.4, 0.5) is 0 Å². The van der Waals surface area contributed by atoms with Gasteiger partial charge in [0.15, 0.2) is 5.69 Å². The Labute approximate surface area is 104 Å². The highest BCUT2D eigenvalue weighted by Crippen LogP contribution is 2.17. The first-order valence-corrected chi connectivity index (χ1v) is 5.39. The predicted molar refractivity (Wildman–Crippen MR) is 64.5 cm³/mol. The minimum absolute atomic E-state index is 0.0339. The highest BCUT2D eigenvalue weighted by atomic mass is 16.5. The summed E-state index contributed by atoms with van der Waals surface area (Å²) in [5.74, 6) is -0.317. The summed E-state index contributed by atoms with van der Waals surface area (Å²) < 4.78 is 5.57. The monoisotopic (exact) mass is 244 g/mol. The molecule has 1 aromatic heterocycles. The van der Waals surface area contributed by atoms with Crippen LogP contribution < -0.4 is 4.74 Å². The van der Waals surface area contributed by atoms with Crippen molar-refractivity contribution in [1.82, 2.24) is 9.97 Å². The minimum Gasteiger partial charge on any atom is -0.487 e. The van der Waals surface area contributed by atoms with E-state index in [0.717, 1.165) is 11.3 Å². The Hall–Kier alpha value is -2.43. The van der Waals surface area contributed by atoms with Crippen LogP contribution in [0, 0.1) is 6.92 Å². The molecule has 0 spiro atoms. The molecule has 0 saturated carbocycles. The van der Waals surface area contributed by atoms with Crippen LogP contribution in [0.3, 0.4) is 0 Å². The van der Waals surface area contributed by atoms with Gasteiger partial charge in [-0.3, -0.25) is 0 Å². The van der Waals surface area contributed by atoms with E-state index in [1.54, 1.807) is 0 Å². The highest BCUT2D eigenvalue weighted by molar-refractivity contribution is 5.85. The molecular formula is C13H12N2O3. The van der Waals surface area contributed by atoms with E-state index in [2.05, 4.69) is 9.97 Å². The van der Waals surface area contributed by atoms with Gasteiger partial charge in [-0.2, -0.15) is 0 Å². The van der Waals surface area contributed by atoms with Crippen molar-refractivity contribution in [2.75, 3.05) is 0 Å². The van der Waals surface area contributed by atoms with Crippen molar-refractivity contribution in [3.63, 3.8) is 0 Å². The van der Waals surface area contributed by atoms with Crippen molar-refractivity contribution in [2.24, 2.45) is 0 Å². The fourth-order valence-electron chi connectivity index (χ4n) is 1.46. The summed E-state index contributed by atoms with van der Waals surface area (Å²) in [5, 5.41) is 8.81. The van der Waals surface area contributed by atoms with E-state index in [4.69, 9.17) is 9.84 Å². The van der Waals surface area contributed by atoms with Crippen molar-refractivity contribution in [3.8, 4) is 5.75 Å². The topological polar surface area (TPSA) is 72.3 Å². The lowest BCUT2D eigenvalue weighted by Gasteiger charge is -2.08. The number of aromatic carboxylic acids is 1. The molecule has 0 bridgehead atoms. The number of carboxylic acids is 1. The third-order valence-corrected chi connectivity index (χ3v) is 2.41. The Morgan fingerprint density at radius 1 is 1.33 bits per heavy atom. The van der Waals surface area contributed by atoms with E-state index in [9.17, 15) is 4.79 Å². The summed E-state index contributed by atoms with van der Waals surface area (Å²) in [6.07, 6.45) is 1.22. The molecule has 0 aliphatic rings. The molecule has 2 rings (SSSR count). The van der Waals surface area contributed by atoms with Gasteiger partial charge in [0, 0.05) is 0 Å². The molecule has 0 aliphatic heterocycles. The standard InChI is InChI=1S/C13H12N2O3/c1-9-4-2-3-5-12(9)18-7-10-6-11(13(16)17)15-8-14-10/h2-6,8H,7H2,1H3,(H,16,17). The number of aromatic nitrogens is 2. The normalized spacial score (nSPS) is 10.1. The lowest BCUT2D eigenvalue weighted by atomic mass is 10.2. The van der Waals surface area contributed by atoms with Gasteiger partial charge in [0.25, 0.3) is 0 Å². The van der Waals surface area contributed by atoms with E-state index in [0.29, 0.717) is 5.69 Å². The molecule has 0 aliphatic carbocycles. The van der Waals surface area contributed by atoms with Gasteiger partial charge in [0.1, 0.15) is 18.7 Å². The fourth-order valence-corrected chi connectivity index (χ4v) is 1.46. The molecule has 1 heterocycles. The number of carbonyl (C=O) groups is 1. The highest BCUT2D eigenvalue weighted by Gasteiger charge is 2.06. The van der Waals surface area contributed by atoms with Crippen molar-refractivity contribution >= 4 is 5.97 Å². The molecule has 0 amide bonds. The van der Waals surface area contributed by atoms with E-state index >= 15 is 0 Å². The molecule has 1 aromatic carbocycles. The third kappa shape index (κ3) is 2.82. The number of benzene rings is 1. The van der Waals surface area contributed by atoms with Crippen LogP contribution in [-0.4, -0.2) is 21.0 Å². The molecular weight excluding hydrogens is 232 g/mol. The third-order valence-electron chi connectivity index (χ3n) is 2.41. The van der Waals surface area contributed by atoms with Gasteiger partial charge >= 0.3 is 5.97 Å². The Bertz CT molecular complexity index is 570. The van der Waals surface area contributed by atoms with Crippen LogP contribution in [0.2, 0.25) is 0 Å². The van der Waals surface area contributed by atoms with Gasteiger partial charge < -0.3 is 9.84 Å². The molecule has 92 valence electrons. The van der Waals surface area contributed by atoms with E-state index in [1.165, 1.54) is 12.4 Å². The van der Waals surface area contributed by atoms with E-state index in [-0.39, 0.29) is 12.3 Å². The maximum absolute atomic E-state index is 10.8. The van der Waals surface area contributed by atoms with Crippen molar-refractivity contribution < 1.29 is 14.6 Å². The molecule has 5 nitrogen and oxygen atoms in total. The zero-order chi connectivity index (χ0) is 13.0. The largest absolute Gasteiger partial charge is 0.487 e. The summed E-state index contributed by atoms with van der Waals surface area (Å²) in [6.45, 7) is 2.16. The van der Waals surface area contributed by atoms with Crippen LogP contribution in [0.15, 0.2) is 36.7 Å². The minimum atomic E-state index is -1.07. The van der Waals surface area contributed by atoms with E-state index in [1.807, 2.05) is 31.2 Å². The van der Waals surface area contributed by atoms with Crippen molar-refractivity contribution in [2.45, 2.75) is 13.5 Å². The van der Waals surface area contributed by atoms with Gasteiger partial charge in [-0.05, 0) is 24.6 Å². The van der Waals surface area contributed by atoms with Crippen LogP contribution >= 0.6 is 0 Å². The van der Waals surface area contributed by atoms with Crippen molar-refractivity contribution in [1.29, 1.82) is 0 Å². The number of para-hydroxylation sites is 1. The molecule has 2 aromatic rings. The van der Waals surface area contributed by atoms with Gasteiger partial charge in [-0.1, -0.05) is 18.2 Å². The summed E-state index contributed by atoms with van der Waals surface area (Å²) in [5.41, 5.74) is 1.52. The second kappa shape index (κ2) is 5.27. The average molecular weight is 244 g/mol. The SMILES string of the molecule is Cc1ccccc1OCc1cc(C(=O)O)ncn1. The quantitative estimate of drug-likeness (QED) is 0.891. The van der Waals surface area contributed by atoms with Gasteiger partial charge in [-0.15, -0.1) is 0 Å². The second-order valence-corrected chi connectivity index (χ2v) is 3.75. The molecule has 0 fully saturated rings. The smallest absolute Gasteiger partial charge is 0.354 e. The Kier molecular flexibility index (Phi) is 3.52. The van der Waals surface area contributed by atoms with Crippen LogP contribution in [0.5, 0.6) is 5.75 Å². The van der Waals surface area contributed by atoms with E-state index < -0.39 is 5.97 Å². The maximum Gasteiger partial charge on any atom is 0.354 e. The van der Waals surface area contributed by atoms with Gasteiger partial charge in [0.05, 0.1) is 5.69 Å². The predicted octanol–water partition coefficient (Wildman–Crippen LogP) is 2.06. The summed E-state index contributed by atoms with van der Waals surface area (Å²) >= 11 is 0.